The molecule has 2 aliphatic rings. The van der Waals surface area contributed by atoms with Gasteiger partial charge in [-0.1, -0.05) is 6.58 Å². The minimum absolute atomic E-state index is 0.0575. The Morgan fingerprint density at radius 2 is 2.56 bits per heavy atom. The van der Waals surface area contributed by atoms with Crippen LogP contribution in [0.2, 0.25) is 0 Å². The minimum Gasteiger partial charge on any atom is -0.378 e. The summed E-state index contributed by atoms with van der Waals surface area (Å²) in [6.07, 6.45) is 3.76. The van der Waals surface area contributed by atoms with E-state index < -0.39 is 0 Å². The highest BCUT2D eigenvalue weighted by molar-refractivity contribution is 5.86. The second-order valence-corrected chi connectivity index (χ2v) is 4.92. The molecule has 2 saturated heterocycles. The SMILES string of the molecule is C=CC(=O)NC[C@@]1(C)COC[C@H]2CCCN21. The van der Waals surface area contributed by atoms with Crippen LogP contribution in [0, 0.1) is 0 Å². The van der Waals surface area contributed by atoms with E-state index in [4.69, 9.17) is 4.74 Å². The Hall–Kier alpha value is -0.870. The molecule has 0 saturated carbocycles. The van der Waals surface area contributed by atoms with Crippen LogP contribution in [0.1, 0.15) is 19.8 Å². The van der Waals surface area contributed by atoms with Crippen molar-refractivity contribution in [1.82, 2.24) is 10.2 Å². The fraction of sp³-hybridized carbons (Fsp3) is 0.750. The monoisotopic (exact) mass is 224 g/mol. The van der Waals surface area contributed by atoms with E-state index in [1.807, 2.05) is 0 Å². The predicted molar refractivity (Wildman–Crippen MR) is 62.2 cm³/mol. The van der Waals surface area contributed by atoms with Crippen molar-refractivity contribution >= 4 is 5.91 Å². The number of nitrogens with one attached hydrogen (secondary N) is 1. The molecule has 2 aliphatic heterocycles. The Morgan fingerprint density at radius 1 is 1.75 bits per heavy atom. The van der Waals surface area contributed by atoms with Crippen LogP contribution < -0.4 is 5.32 Å². The van der Waals surface area contributed by atoms with E-state index in [9.17, 15) is 4.79 Å². The molecule has 90 valence electrons. The molecule has 0 aromatic carbocycles. The average molecular weight is 224 g/mol. The number of fused-ring (bicyclic) bond motifs is 1. The van der Waals surface area contributed by atoms with Crippen LogP contribution in [0.5, 0.6) is 0 Å². The summed E-state index contributed by atoms with van der Waals surface area (Å²) in [5, 5.41) is 2.88. The van der Waals surface area contributed by atoms with E-state index in [1.165, 1.54) is 18.9 Å². The molecule has 0 aromatic rings. The number of nitrogens with zero attached hydrogens (tertiary/aromatic N) is 1. The Kier molecular flexibility index (Phi) is 3.30. The van der Waals surface area contributed by atoms with Crippen molar-refractivity contribution < 1.29 is 9.53 Å². The van der Waals surface area contributed by atoms with Crippen LogP contribution in [-0.2, 0) is 9.53 Å². The van der Waals surface area contributed by atoms with Crippen molar-refractivity contribution in [3.63, 3.8) is 0 Å². The fourth-order valence-corrected chi connectivity index (χ4v) is 2.72. The third-order valence-electron chi connectivity index (χ3n) is 3.62. The molecular formula is C12H20N2O2. The van der Waals surface area contributed by atoms with Gasteiger partial charge in [-0.25, -0.2) is 0 Å². The number of ether oxygens (including phenoxy) is 1. The van der Waals surface area contributed by atoms with E-state index >= 15 is 0 Å². The lowest BCUT2D eigenvalue weighted by Gasteiger charge is -2.46. The van der Waals surface area contributed by atoms with Gasteiger partial charge in [0, 0.05) is 12.6 Å². The van der Waals surface area contributed by atoms with Crippen LogP contribution in [0.25, 0.3) is 0 Å². The lowest BCUT2D eigenvalue weighted by Crippen LogP contribution is -2.62. The van der Waals surface area contributed by atoms with Crippen LogP contribution in [0.3, 0.4) is 0 Å². The Labute approximate surface area is 96.6 Å². The van der Waals surface area contributed by atoms with Crippen molar-refractivity contribution in [3.8, 4) is 0 Å². The molecule has 16 heavy (non-hydrogen) atoms. The molecule has 2 atom stereocenters. The molecule has 0 radical (unpaired) electrons. The highest BCUT2D eigenvalue weighted by atomic mass is 16.5. The molecule has 2 heterocycles. The van der Waals surface area contributed by atoms with Gasteiger partial charge >= 0.3 is 0 Å². The van der Waals surface area contributed by atoms with E-state index in [0.717, 1.165) is 13.2 Å². The standard InChI is InChI=1S/C12H20N2O2/c1-3-11(15)13-8-12(2)9-16-7-10-5-4-6-14(10)12/h3,10H,1,4-9H2,2H3,(H,13,15)/t10-,12+/m1/s1. The van der Waals surface area contributed by atoms with Gasteiger partial charge in [-0.2, -0.15) is 0 Å². The zero-order valence-electron chi connectivity index (χ0n) is 9.87. The quantitative estimate of drug-likeness (QED) is 0.712. The second kappa shape index (κ2) is 4.55. The number of amides is 1. The summed E-state index contributed by atoms with van der Waals surface area (Å²) in [6.45, 7) is 8.90. The normalized spacial score (nSPS) is 34.4. The number of rotatable bonds is 3. The molecule has 2 fully saturated rings. The van der Waals surface area contributed by atoms with Gasteiger partial charge in [0.25, 0.3) is 0 Å². The molecule has 0 bridgehead atoms. The maximum atomic E-state index is 11.2. The van der Waals surface area contributed by atoms with E-state index in [2.05, 4.69) is 23.7 Å². The molecule has 2 rings (SSSR count). The number of morpholine rings is 1. The van der Waals surface area contributed by atoms with Gasteiger partial charge in [-0.05, 0) is 32.4 Å². The van der Waals surface area contributed by atoms with Crippen molar-refractivity contribution in [2.75, 3.05) is 26.3 Å². The maximum absolute atomic E-state index is 11.2. The van der Waals surface area contributed by atoms with Crippen molar-refractivity contribution in [2.45, 2.75) is 31.3 Å². The van der Waals surface area contributed by atoms with Crippen molar-refractivity contribution in [2.24, 2.45) is 0 Å². The Balaban J connectivity index is 1.98. The van der Waals surface area contributed by atoms with E-state index in [-0.39, 0.29) is 11.4 Å². The first-order valence-corrected chi connectivity index (χ1v) is 5.90. The molecule has 1 amide bonds. The number of carbonyl (C=O) groups excluding carboxylic acids is 1. The first-order valence-electron chi connectivity index (χ1n) is 5.90. The van der Waals surface area contributed by atoms with E-state index in [0.29, 0.717) is 19.2 Å². The van der Waals surface area contributed by atoms with Crippen molar-refractivity contribution in [3.05, 3.63) is 12.7 Å². The van der Waals surface area contributed by atoms with Gasteiger partial charge in [0.05, 0.1) is 18.8 Å². The van der Waals surface area contributed by atoms with Gasteiger partial charge in [0.1, 0.15) is 0 Å². The predicted octanol–water partition coefficient (Wildman–Crippen LogP) is 0.542. The number of hydrogen-bond acceptors (Lipinski definition) is 3. The highest BCUT2D eigenvalue weighted by Crippen LogP contribution is 2.30. The smallest absolute Gasteiger partial charge is 0.243 e. The first kappa shape index (κ1) is 11.6. The Bertz CT molecular complexity index is 293. The molecule has 4 nitrogen and oxygen atoms in total. The molecule has 0 aromatic heterocycles. The third kappa shape index (κ3) is 2.13. The maximum Gasteiger partial charge on any atom is 0.243 e. The lowest BCUT2D eigenvalue weighted by molar-refractivity contribution is -0.119. The van der Waals surface area contributed by atoms with Gasteiger partial charge in [-0.15, -0.1) is 0 Å². The Morgan fingerprint density at radius 3 is 3.31 bits per heavy atom. The molecule has 1 N–H and O–H groups in total. The second-order valence-electron chi connectivity index (χ2n) is 4.92. The molecule has 0 spiro atoms. The topological polar surface area (TPSA) is 41.6 Å². The van der Waals surface area contributed by atoms with Gasteiger partial charge in [-0.3, -0.25) is 9.69 Å². The highest BCUT2D eigenvalue weighted by Gasteiger charge is 2.42. The van der Waals surface area contributed by atoms with Gasteiger partial charge in [0.2, 0.25) is 5.91 Å². The van der Waals surface area contributed by atoms with Crippen LogP contribution in [-0.4, -0.2) is 48.7 Å². The summed E-state index contributed by atoms with van der Waals surface area (Å²) in [5.74, 6) is -0.109. The number of carbonyl (C=O) groups is 1. The zero-order chi connectivity index (χ0) is 11.6. The van der Waals surface area contributed by atoms with Crippen molar-refractivity contribution in [1.29, 1.82) is 0 Å². The van der Waals surface area contributed by atoms with Crippen LogP contribution in [0.15, 0.2) is 12.7 Å². The summed E-state index contributed by atoms with van der Waals surface area (Å²) in [5.41, 5.74) is -0.0575. The number of hydrogen-bond donors (Lipinski definition) is 1. The molecular weight excluding hydrogens is 204 g/mol. The summed E-state index contributed by atoms with van der Waals surface area (Å²) in [7, 11) is 0. The van der Waals surface area contributed by atoms with Gasteiger partial charge in [0.15, 0.2) is 0 Å². The largest absolute Gasteiger partial charge is 0.378 e. The first-order chi connectivity index (χ1) is 7.65. The summed E-state index contributed by atoms with van der Waals surface area (Å²) < 4.78 is 5.65. The van der Waals surface area contributed by atoms with Crippen LogP contribution >= 0.6 is 0 Å². The summed E-state index contributed by atoms with van der Waals surface area (Å²) in [6, 6.07) is 0.541. The molecule has 0 aliphatic carbocycles. The van der Waals surface area contributed by atoms with Crippen LogP contribution in [0.4, 0.5) is 0 Å². The van der Waals surface area contributed by atoms with Gasteiger partial charge < -0.3 is 10.1 Å². The molecule has 0 unspecified atom stereocenters. The third-order valence-corrected chi connectivity index (χ3v) is 3.62. The lowest BCUT2D eigenvalue weighted by atomic mass is 9.97. The summed E-state index contributed by atoms with van der Waals surface area (Å²) in [4.78, 5) is 13.7. The zero-order valence-corrected chi connectivity index (χ0v) is 9.87. The minimum atomic E-state index is -0.109. The fourth-order valence-electron chi connectivity index (χ4n) is 2.72. The molecule has 4 heteroatoms. The average Bonchev–Trinajstić information content (AvgIpc) is 2.76. The van der Waals surface area contributed by atoms with E-state index in [1.54, 1.807) is 0 Å². The summed E-state index contributed by atoms with van der Waals surface area (Å²) >= 11 is 0.